The van der Waals surface area contributed by atoms with Crippen LogP contribution in [-0.4, -0.2) is 4.98 Å². The van der Waals surface area contributed by atoms with Crippen molar-refractivity contribution in [2.45, 2.75) is 6.61 Å². The first-order chi connectivity index (χ1) is 3.43. The number of nitrogens with one attached hydrogen (secondary N) is 1. The second-order valence-electron chi connectivity index (χ2n) is 1.34. The predicted molar refractivity (Wildman–Crippen MR) is 24.5 cm³/mol. The normalized spacial score (nSPS) is 8.12. The molecule has 3 heteroatoms. The van der Waals surface area contributed by atoms with E-state index in [1.165, 1.54) is 0 Å². The van der Waals surface area contributed by atoms with Gasteiger partial charge in [0.05, 0.1) is 0 Å². The summed E-state index contributed by atoms with van der Waals surface area (Å²) in [5, 5.41) is 9.96. The molecular formula is C5H6KNO. The van der Waals surface area contributed by atoms with Gasteiger partial charge < -0.3 is 10.1 Å². The number of aromatic amines is 1. The summed E-state index contributed by atoms with van der Waals surface area (Å²) < 4.78 is 0. The molecule has 1 heterocycles. The number of rotatable bonds is 1. The summed E-state index contributed by atoms with van der Waals surface area (Å²) in [4.78, 5) is 2.77. The Kier molecular flexibility index (Phi) is 5.24. The molecule has 38 valence electrons. The first kappa shape index (κ1) is 8.88. The Morgan fingerprint density at radius 1 is 1.62 bits per heavy atom. The van der Waals surface area contributed by atoms with Gasteiger partial charge in [-0.15, -0.1) is 0 Å². The Labute approximate surface area is 90.7 Å². The topological polar surface area (TPSA) is 38.8 Å². The Morgan fingerprint density at radius 3 is 2.62 bits per heavy atom. The molecule has 0 unspecified atom stereocenters. The fourth-order valence-corrected chi connectivity index (χ4v) is 0.457. The Bertz CT molecular complexity index is 127. The SMILES string of the molecule is [K+].[O-]Cc1ccc[nH]1. The first-order valence-corrected chi connectivity index (χ1v) is 2.14. The standard InChI is InChI=1S/C5H6NO.K/c7-4-5-2-1-3-6-5;/h1-3,6H,4H2;/q-1;+1. The fraction of sp³-hybridized carbons (Fsp3) is 0.200. The van der Waals surface area contributed by atoms with Crippen LogP contribution in [-0.2, 0) is 6.61 Å². The van der Waals surface area contributed by atoms with Crippen LogP contribution < -0.4 is 56.5 Å². The number of H-pyrrole nitrogens is 1. The van der Waals surface area contributed by atoms with Gasteiger partial charge in [0.15, 0.2) is 0 Å². The van der Waals surface area contributed by atoms with E-state index in [9.17, 15) is 5.11 Å². The third-order valence-corrected chi connectivity index (χ3v) is 0.818. The van der Waals surface area contributed by atoms with Gasteiger partial charge in [0.2, 0.25) is 0 Å². The van der Waals surface area contributed by atoms with Crippen LogP contribution in [0.1, 0.15) is 5.69 Å². The zero-order valence-corrected chi connectivity index (χ0v) is 7.97. The third-order valence-electron chi connectivity index (χ3n) is 0.818. The Hall–Kier alpha value is 0.876. The number of hydrogen-bond donors (Lipinski definition) is 1. The number of aromatic nitrogens is 1. The second kappa shape index (κ2) is 4.73. The van der Waals surface area contributed by atoms with Gasteiger partial charge >= 0.3 is 51.4 Å². The van der Waals surface area contributed by atoms with Crippen molar-refractivity contribution in [3.05, 3.63) is 24.0 Å². The van der Waals surface area contributed by atoms with Gasteiger partial charge in [-0.05, 0) is 17.8 Å². The monoisotopic (exact) mass is 135 g/mol. The summed E-state index contributed by atoms with van der Waals surface area (Å²) in [6.07, 6.45) is 1.74. The van der Waals surface area contributed by atoms with Crippen molar-refractivity contribution in [3.63, 3.8) is 0 Å². The van der Waals surface area contributed by atoms with Gasteiger partial charge in [-0.1, -0.05) is 6.61 Å². The molecule has 0 aromatic carbocycles. The number of hydrogen-bond acceptors (Lipinski definition) is 1. The van der Waals surface area contributed by atoms with Crippen LogP contribution in [0.2, 0.25) is 0 Å². The van der Waals surface area contributed by atoms with Crippen molar-refractivity contribution in [2.75, 3.05) is 0 Å². The van der Waals surface area contributed by atoms with Gasteiger partial charge in [0.1, 0.15) is 0 Å². The smallest absolute Gasteiger partial charge is 0.850 e. The molecule has 0 saturated heterocycles. The maximum absolute atomic E-state index is 9.96. The Balaban J connectivity index is 0.000000490. The molecule has 0 aliphatic heterocycles. The van der Waals surface area contributed by atoms with E-state index in [2.05, 4.69) is 4.98 Å². The van der Waals surface area contributed by atoms with Crippen LogP contribution >= 0.6 is 0 Å². The summed E-state index contributed by atoms with van der Waals surface area (Å²) >= 11 is 0. The van der Waals surface area contributed by atoms with Crippen molar-refractivity contribution >= 4 is 0 Å². The van der Waals surface area contributed by atoms with E-state index >= 15 is 0 Å². The summed E-state index contributed by atoms with van der Waals surface area (Å²) in [6, 6.07) is 3.58. The van der Waals surface area contributed by atoms with Crippen LogP contribution in [0.3, 0.4) is 0 Å². The van der Waals surface area contributed by atoms with E-state index in [0.29, 0.717) is 0 Å². The molecule has 0 saturated carbocycles. The van der Waals surface area contributed by atoms with Crippen molar-refractivity contribution < 1.29 is 56.5 Å². The van der Waals surface area contributed by atoms with E-state index in [4.69, 9.17) is 0 Å². The fourth-order valence-electron chi connectivity index (χ4n) is 0.457. The zero-order chi connectivity index (χ0) is 5.11. The van der Waals surface area contributed by atoms with E-state index in [1.54, 1.807) is 12.3 Å². The molecule has 0 fully saturated rings. The molecular weight excluding hydrogens is 129 g/mol. The van der Waals surface area contributed by atoms with Gasteiger partial charge in [-0.2, -0.15) is 0 Å². The molecule has 2 nitrogen and oxygen atoms in total. The molecule has 0 aliphatic rings. The molecule has 0 radical (unpaired) electrons. The molecule has 0 spiro atoms. The average molecular weight is 135 g/mol. The molecule has 1 aromatic heterocycles. The largest absolute Gasteiger partial charge is 1.00 e. The second-order valence-corrected chi connectivity index (χ2v) is 1.34. The molecule has 0 amide bonds. The van der Waals surface area contributed by atoms with Gasteiger partial charge in [0, 0.05) is 6.20 Å². The van der Waals surface area contributed by atoms with Crippen molar-refractivity contribution in [1.29, 1.82) is 0 Å². The van der Waals surface area contributed by atoms with Crippen LogP contribution in [0.25, 0.3) is 0 Å². The van der Waals surface area contributed by atoms with Crippen LogP contribution in [0.4, 0.5) is 0 Å². The van der Waals surface area contributed by atoms with Gasteiger partial charge in [-0.3, -0.25) is 0 Å². The average Bonchev–Trinajstić information content (AvgIpc) is 2.14. The van der Waals surface area contributed by atoms with E-state index < -0.39 is 0 Å². The minimum atomic E-state index is -0.146. The van der Waals surface area contributed by atoms with E-state index in [-0.39, 0.29) is 58.0 Å². The van der Waals surface area contributed by atoms with Gasteiger partial charge in [0.25, 0.3) is 0 Å². The maximum Gasteiger partial charge on any atom is 1.00 e. The molecule has 0 bridgehead atoms. The van der Waals surface area contributed by atoms with Crippen LogP contribution in [0.15, 0.2) is 18.3 Å². The van der Waals surface area contributed by atoms with Crippen LogP contribution in [0, 0.1) is 0 Å². The maximum atomic E-state index is 9.96. The van der Waals surface area contributed by atoms with Gasteiger partial charge in [-0.25, -0.2) is 0 Å². The summed E-state index contributed by atoms with van der Waals surface area (Å²) in [7, 11) is 0. The van der Waals surface area contributed by atoms with E-state index in [1.807, 2.05) is 6.07 Å². The molecule has 0 atom stereocenters. The predicted octanol–water partition coefficient (Wildman–Crippen LogP) is -3.12. The zero-order valence-electron chi connectivity index (χ0n) is 4.85. The quantitative estimate of drug-likeness (QED) is 0.407. The third kappa shape index (κ3) is 2.43. The molecule has 1 N–H and O–H groups in total. The molecule has 0 aliphatic carbocycles. The van der Waals surface area contributed by atoms with Crippen LogP contribution in [0.5, 0.6) is 0 Å². The van der Waals surface area contributed by atoms with Crippen molar-refractivity contribution in [2.24, 2.45) is 0 Å². The van der Waals surface area contributed by atoms with Crippen molar-refractivity contribution in [1.82, 2.24) is 4.98 Å². The summed E-state index contributed by atoms with van der Waals surface area (Å²) in [6.45, 7) is -0.146. The molecule has 1 rings (SSSR count). The Morgan fingerprint density at radius 2 is 2.38 bits per heavy atom. The molecule has 1 aromatic rings. The van der Waals surface area contributed by atoms with Crippen molar-refractivity contribution in [3.8, 4) is 0 Å². The summed E-state index contributed by atoms with van der Waals surface area (Å²) in [5.74, 6) is 0. The van der Waals surface area contributed by atoms with E-state index in [0.717, 1.165) is 5.69 Å². The minimum absolute atomic E-state index is 0. The molecule has 8 heavy (non-hydrogen) atoms. The summed E-state index contributed by atoms with van der Waals surface area (Å²) in [5.41, 5.74) is 0.750. The minimum Gasteiger partial charge on any atom is -0.850 e. The first-order valence-electron chi connectivity index (χ1n) is 2.14.